The van der Waals surface area contributed by atoms with Crippen LogP contribution in [0.3, 0.4) is 0 Å². The summed E-state index contributed by atoms with van der Waals surface area (Å²) < 4.78 is 7.73. The van der Waals surface area contributed by atoms with Gasteiger partial charge in [0.05, 0.1) is 30.3 Å². The van der Waals surface area contributed by atoms with Crippen molar-refractivity contribution in [2.75, 3.05) is 7.11 Å². The first kappa shape index (κ1) is 15.0. The minimum absolute atomic E-state index is 0.572. The molecule has 0 amide bonds. The van der Waals surface area contributed by atoms with Gasteiger partial charge >= 0.3 is 0 Å². The number of fused-ring (bicyclic) bond motifs is 3. The Morgan fingerprint density at radius 2 is 2.21 bits per heavy atom. The largest absolute Gasteiger partial charge is 0.493 e. The second kappa shape index (κ2) is 5.85. The Morgan fingerprint density at radius 1 is 1.33 bits per heavy atom. The lowest BCUT2D eigenvalue weighted by molar-refractivity contribution is 0.405. The Kier molecular flexibility index (Phi) is 3.66. The van der Waals surface area contributed by atoms with Crippen molar-refractivity contribution in [3.05, 3.63) is 58.0 Å². The maximum absolute atomic E-state index is 9.19. The molecule has 0 spiro atoms. The number of hydrogen-bond donors (Lipinski definition) is 0. The molecule has 0 saturated carbocycles. The number of aryl methyl sites for hydroxylation is 1. The van der Waals surface area contributed by atoms with Crippen LogP contribution in [0.2, 0.25) is 5.02 Å². The summed E-state index contributed by atoms with van der Waals surface area (Å²) in [6.45, 7) is 0.613. The van der Waals surface area contributed by atoms with Gasteiger partial charge in [-0.2, -0.15) is 5.26 Å². The summed E-state index contributed by atoms with van der Waals surface area (Å²) in [5, 5.41) is 10.9. The molecule has 1 aliphatic carbocycles. The van der Waals surface area contributed by atoms with E-state index in [1.54, 1.807) is 19.4 Å². The molecule has 5 heteroatoms. The highest BCUT2D eigenvalue weighted by atomic mass is 35.5. The Balaban J connectivity index is 1.89. The molecule has 0 saturated heterocycles. The van der Waals surface area contributed by atoms with E-state index in [-0.39, 0.29) is 0 Å². The Bertz CT molecular complexity index is 984. The van der Waals surface area contributed by atoms with Crippen LogP contribution in [0.15, 0.2) is 30.5 Å². The number of ether oxygens (including phenoxy) is 1. The number of hydrogen-bond acceptors (Lipinski definition) is 3. The molecule has 1 aromatic carbocycles. The number of rotatable bonds is 3. The third-order valence-corrected chi connectivity index (χ3v) is 5.00. The Labute approximate surface area is 145 Å². The molecule has 4 nitrogen and oxygen atoms in total. The molecule has 2 aromatic heterocycles. The molecule has 1 aliphatic rings. The Hall–Kier alpha value is -2.51. The van der Waals surface area contributed by atoms with Crippen molar-refractivity contribution in [1.82, 2.24) is 9.55 Å². The highest BCUT2D eigenvalue weighted by Gasteiger charge is 2.23. The van der Waals surface area contributed by atoms with E-state index in [1.807, 2.05) is 18.2 Å². The molecule has 2 heterocycles. The van der Waals surface area contributed by atoms with Gasteiger partial charge in [-0.3, -0.25) is 4.98 Å². The summed E-state index contributed by atoms with van der Waals surface area (Å²) in [5.41, 5.74) is 5.36. The zero-order valence-corrected chi connectivity index (χ0v) is 14.1. The first-order valence-corrected chi connectivity index (χ1v) is 8.32. The predicted octanol–water partition coefficient (Wildman–Crippen LogP) is 4.11. The molecule has 24 heavy (non-hydrogen) atoms. The highest BCUT2D eigenvalue weighted by molar-refractivity contribution is 6.32. The lowest BCUT2D eigenvalue weighted by Crippen LogP contribution is -2.07. The van der Waals surface area contributed by atoms with E-state index in [0.717, 1.165) is 30.5 Å². The van der Waals surface area contributed by atoms with Crippen molar-refractivity contribution in [1.29, 1.82) is 5.26 Å². The van der Waals surface area contributed by atoms with Gasteiger partial charge in [0.2, 0.25) is 0 Å². The predicted molar refractivity (Wildman–Crippen MR) is 93.6 cm³/mol. The van der Waals surface area contributed by atoms with Gasteiger partial charge in [0.25, 0.3) is 0 Å². The van der Waals surface area contributed by atoms with Crippen LogP contribution in [-0.4, -0.2) is 16.7 Å². The molecule has 3 aromatic rings. The van der Waals surface area contributed by atoms with E-state index < -0.39 is 0 Å². The third kappa shape index (κ3) is 2.24. The average molecular weight is 338 g/mol. The molecule has 0 aliphatic heterocycles. The highest BCUT2D eigenvalue weighted by Crippen LogP contribution is 2.35. The normalized spacial score (nSPS) is 13.0. The van der Waals surface area contributed by atoms with E-state index in [4.69, 9.17) is 16.3 Å². The standard InChI is InChI=1S/C19H16ClN3O/c1-24-19-15(20)7-8-22-16(19)11-23-17-4-2-3-13(17)14-9-12(10-21)5-6-18(14)23/h5-9H,2-4,11H2,1H3. The van der Waals surface area contributed by atoms with Crippen molar-refractivity contribution >= 4 is 22.5 Å². The molecule has 0 radical (unpaired) electrons. The smallest absolute Gasteiger partial charge is 0.160 e. The van der Waals surface area contributed by atoms with E-state index in [1.165, 1.54) is 16.6 Å². The van der Waals surface area contributed by atoms with Gasteiger partial charge in [-0.05, 0) is 49.1 Å². The fourth-order valence-electron chi connectivity index (χ4n) is 3.67. The van der Waals surface area contributed by atoms with E-state index in [0.29, 0.717) is 22.9 Å². The molecular weight excluding hydrogens is 322 g/mol. The number of nitrogens with zero attached hydrogens (tertiary/aromatic N) is 3. The lowest BCUT2D eigenvalue weighted by Gasteiger charge is -2.13. The van der Waals surface area contributed by atoms with Crippen LogP contribution in [0.5, 0.6) is 5.75 Å². The van der Waals surface area contributed by atoms with Crippen LogP contribution in [0, 0.1) is 11.3 Å². The molecule has 0 unspecified atom stereocenters. The monoisotopic (exact) mass is 337 g/mol. The fraction of sp³-hybridized carbons (Fsp3) is 0.263. The van der Waals surface area contributed by atoms with Crippen LogP contribution in [0.1, 0.15) is 28.9 Å². The summed E-state index contributed by atoms with van der Waals surface area (Å²) in [7, 11) is 1.61. The quantitative estimate of drug-likeness (QED) is 0.722. The number of halogens is 1. The van der Waals surface area contributed by atoms with Gasteiger partial charge in [0.1, 0.15) is 5.69 Å². The van der Waals surface area contributed by atoms with Gasteiger partial charge < -0.3 is 9.30 Å². The lowest BCUT2D eigenvalue weighted by atomic mass is 10.1. The molecular formula is C19H16ClN3O. The number of aromatic nitrogens is 2. The van der Waals surface area contributed by atoms with Gasteiger partial charge in [-0.15, -0.1) is 0 Å². The molecule has 0 fully saturated rings. The zero-order valence-electron chi connectivity index (χ0n) is 13.3. The number of pyridine rings is 1. The molecule has 4 rings (SSSR count). The molecule has 120 valence electrons. The van der Waals surface area contributed by atoms with Crippen LogP contribution >= 0.6 is 11.6 Å². The van der Waals surface area contributed by atoms with Crippen molar-refractivity contribution in [3.8, 4) is 11.8 Å². The summed E-state index contributed by atoms with van der Waals surface area (Å²) >= 11 is 6.23. The minimum atomic E-state index is 0.572. The van der Waals surface area contributed by atoms with Crippen LogP contribution in [-0.2, 0) is 19.4 Å². The number of benzene rings is 1. The van der Waals surface area contributed by atoms with Gasteiger partial charge in [0.15, 0.2) is 5.75 Å². The van der Waals surface area contributed by atoms with Crippen LogP contribution in [0.25, 0.3) is 10.9 Å². The number of methoxy groups -OCH3 is 1. The second-order valence-corrected chi connectivity index (χ2v) is 6.39. The average Bonchev–Trinajstić information content (AvgIpc) is 3.17. The molecule has 0 bridgehead atoms. The minimum Gasteiger partial charge on any atom is -0.493 e. The Morgan fingerprint density at radius 3 is 3.00 bits per heavy atom. The first-order chi connectivity index (χ1) is 11.7. The van der Waals surface area contributed by atoms with Crippen molar-refractivity contribution in [2.45, 2.75) is 25.8 Å². The van der Waals surface area contributed by atoms with Crippen molar-refractivity contribution in [2.24, 2.45) is 0 Å². The van der Waals surface area contributed by atoms with Gasteiger partial charge in [-0.1, -0.05) is 11.6 Å². The van der Waals surface area contributed by atoms with E-state index in [2.05, 4.69) is 15.6 Å². The maximum Gasteiger partial charge on any atom is 0.160 e. The first-order valence-electron chi connectivity index (χ1n) is 7.94. The van der Waals surface area contributed by atoms with Crippen molar-refractivity contribution < 1.29 is 4.74 Å². The third-order valence-electron chi connectivity index (χ3n) is 4.70. The fourth-order valence-corrected chi connectivity index (χ4v) is 3.91. The van der Waals surface area contributed by atoms with E-state index in [9.17, 15) is 5.26 Å². The van der Waals surface area contributed by atoms with Gasteiger partial charge in [-0.25, -0.2) is 0 Å². The summed E-state index contributed by atoms with van der Waals surface area (Å²) in [6, 6.07) is 9.87. The SMILES string of the molecule is COc1c(Cl)ccnc1Cn1c2c(c3cc(C#N)ccc31)CCC2. The van der Waals surface area contributed by atoms with Gasteiger partial charge in [0, 0.05) is 22.8 Å². The van der Waals surface area contributed by atoms with Crippen molar-refractivity contribution in [3.63, 3.8) is 0 Å². The van der Waals surface area contributed by atoms with Crippen LogP contribution in [0.4, 0.5) is 0 Å². The second-order valence-electron chi connectivity index (χ2n) is 5.98. The summed E-state index contributed by atoms with van der Waals surface area (Å²) in [6.07, 6.45) is 4.97. The maximum atomic E-state index is 9.19. The summed E-state index contributed by atoms with van der Waals surface area (Å²) in [4.78, 5) is 4.47. The number of nitriles is 1. The topological polar surface area (TPSA) is 50.8 Å². The van der Waals surface area contributed by atoms with Crippen LogP contribution < -0.4 is 4.74 Å². The molecule has 0 N–H and O–H groups in total. The summed E-state index contributed by atoms with van der Waals surface area (Å²) in [5.74, 6) is 0.626. The zero-order chi connectivity index (χ0) is 16.7. The van der Waals surface area contributed by atoms with E-state index >= 15 is 0 Å². The molecule has 0 atom stereocenters.